The van der Waals surface area contributed by atoms with E-state index in [4.69, 9.17) is 21.0 Å². The molecule has 3 N–H and O–H groups in total. The first-order valence-electron chi connectivity index (χ1n) is 5.70. The fraction of sp³-hybridized carbons (Fsp3) is 0.417. The zero-order valence-electron chi connectivity index (χ0n) is 10.6. The van der Waals surface area contributed by atoms with Crippen molar-refractivity contribution >= 4 is 5.91 Å². The minimum Gasteiger partial charge on any atom is -0.388 e. The quantitative estimate of drug-likeness (QED) is 0.525. The second kappa shape index (κ2) is 7.04. The van der Waals surface area contributed by atoms with Crippen LogP contribution in [0.25, 0.3) is 0 Å². The van der Waals surface area contributed by atoms with Gasteiger partial charge in [0.15, 0.2) is 5.70 Å². The van der Waals surface area contributed by atoms with Crippen LogP contribution in [0.3, 0.4) is 0 Å². The summed E-state index contributed by atoms with van der Waals surface area (Å²) in [6.07, 6.45) is 1.37. The van der Waals surface area contributed by atoms with E-state index in [0.717, 1.165) is 0 Å². The fourth-order valence-corrected chi connectivity index (χ4v) is 1.50. The topological polar surface area (TPSA) is 115 Å². The van der Waals surface area contributed by atoms with Gasteiger partial charge in [-0.05, 0) is 6.92 Å². The normalized spacial score (nSPS) is 17.0. The van der Waals surface area contributed by atoms with Crippen molar-refractivity contribution in [2.24, 2.45) is 5.73 Å². The molecule has 1 aliphatic rings. The lowest BCUT2D eigenvalue weighted by atomic mass is 10.3. The molecule has 1 heterocycles. The first-order chi connectivity index (χ1) is 9.08. The molecule has 19 heavy (non-hydrogen) atoms. The molecule has 0 bridgehead atoms. The van der Waals surface area contributed by atoms with Gasteiger partial charge in [0.05, 0.1) is 13.2 Å². The number of morpholine rings is 1. The molecule has 0 aromatic carbocycles. The van der Waals surface area contributed by atoms with Crippen molar-refractivity contribution in [1.82, 2.24) is 10.2 Å². The zero-order chi connectivity index (χ0) is 14.3. The molecule has 1 amide bonds. The molecular formula is C12H15N5O2. The molecule has 0 radical (unpaired) electrons. The van der Waals surface area contributed by atoms with Crippen LogP contribution in [0.5, 0.6) is 0 Å². The number of nitrogens with one attached hydrogen (secondary N) is 1. The Morgan fingerprint density at radius 2 is 2.00 bits per heavy atom. The molecule has 100 valence electrons. The number of nitrogens with two attached hydrogens (primary N) is 1. The Balaban J connectivity index is 2.69. The molecule has 1 rings (SSSR count). The highest BCUT2D eigenvalue weighted by Gasteiger charge is 2.15. The molecule has 7 nitrogen and oxygen atoms in total. The van der Waals surface area contributed by atoms with Crippen LogP contribution >= 0.6 is 0 Å². The SMILES string of the molecule is CC(=CC(=O)N1CCOCC1)N/C(C#N)=C(\N)C#N. The first kappa shape index (κ1) is 14.6. The van der Waals surface area contributed by atoms with Crippen LogP contribution in [0.4, 0.5) is 0 Å². The summed E-state index contributed by atoms with van der Waals surface area (Å²) in [5.74, 6) is -0.166. The molecule has 0 aliphatic carbocycles. The minimum absolute atomic E-state index is 0.0639. The highest BCUT2D eigenvalue weighted by atomic mass is 16.5. The van der Waals surface area contributed by atoms with Crippen LogP contribution in [0.1, 0.15) is 6.92 Å². The lowest BCUT2D eigenvalue weighted by molar-refractivity contribution is -0.130. The van der Waals surface area contributed by atoms with Gasteiger partial charge in [-0.3, -0.25) is 4.79 Å². The number of nitriles is 2. The zero-order valence-corrected chi connectivity index (χ0v) is 10.6. The van der Waals surface area contributed by atoms with E-state index >= 15 is 0 Å². The molecule has 1 aliphatic heterocycles. The average molecular weight is 261 g/mol. The summed E-state index contributed by atoms with van der Waals surface area (Å²) in [4.78, 5) is 13.5. The van der Waals surface area contributed by atoms with Gasteiger partial charge < -0.3 is 20.7 Å². The maximum atomic E-state index is 11.9. The summed E-state index contributed by atoms with van der Waals surface area (Å²) >= 11 is 0. The Bertz CT molecular complexity index is 489. The third-order valence-electron chi connectivity index (χ3n) is 2.49. The number of carbonyl (C=O) groups is 1. The number of allylic oxidation sites excluding steroid dienone is 3. The summed E-state index contributed by atoms with van der Waals surface area (Å²) in [6, 6.07) is 3.44. The Hall–Kier alpha value is -2.51. The van der Waals surface area contributed by atoms with Crippen molar-refractivity contribution in [3.8, 4) is 12.1 Å². The summed E-state index contributed by atoms with van der Waals surface area (Å²) in [6.45, 7) is 3.77. The predicted molar refractivity (Wildman–Crippen MR) is 66.7 cm³/mol. The molecule has 0 aromatic heterocycles. The lowest BCUT2D eigenvalue weighted by Crippen LogP contribution is -2.40. The molecular weight excluding hydrogens is 246 g/mol. The van der Waals surface area contributed by atoms with Crippen molar-refractivity contribution < 1.29 is 9.53 Å². The van der Waals surface area contributed by atoms with E-state index in [0.29, 0.717) is 32.0 Å². The van der Waals surface area contributed by atoms with Gasteiger partial charge in [-0.2, -0.15) is 10.5 Å². The van der Waals surface area contributed by atoms with E-state index in [1.807, 2.05) is 0 Å². The van der Waals surface area contributed by atoms with Crippen LogP contribution < -0.4 is 11.1 Å². The molecule has 7 heteroatoms. The second-order valence-corrected chi connectivity index (χ2v) is 3.90. The number of hydrogen-bond acceptors (Lipinski definition) is 6. The predicted octanol–water partition coefficient (Wildman–Crippen LogP) is -0.444. The van der Waals surface area contributed by atoms with Gasteiger partial charge in [-0.15, -0.1) is 0 Å². The number of rotatable bonds is 3. The van der Waals surface area contributed by atoms with Crippen molar-refractivity contribution in [1.29, 1.82) is 10.5 Å². The van der Waals surface area contributed by atoms with Gasteiger partial charge in [0.2, 0.25) is 5.91 Å². The average Bonchev–Trinajstić information content (AvgIpc) is 2.44. The Morgan fingerprint density at radius 1 is 1.37 bits per heavy atom. The summed E-state index contributed by atoms with van der Waals surface area (Å²) in [5, 5.41) is 20.1. The largest absolute Gasteiger partial charge is 0.388 e. The van der Waals surface area contributed by atoms with E-state index < -0.39 is 0 Å². The van der Waals surface area contributed by atoms with E-state index in [-0.39, 0.29) is 17.3 Å². The van der Waals surface area contributed by atoms with Crippen molar-refractivity contribution in [2.75, 3.05) is 26.3 Å². The smallest absolute Gasteiger partial charge is 0.248 e. The number of hydrogen-bond donors (Lipinski definition) is 2. The van der Waals surface area contributed by atoms with Crippen LogP contribution in [0.2, 0.25) is 0 Å². The van der Waals surface area contributed by atoms with Crippen molar-refractivity contribution in [3.63, 3.8) is 0 Å². The molecule has 1 fully saturated rings. The monoisotopic (exact) mass is 261 g/mol. The third kappa shape index (κ3) is 4.34. The van der Waals surface area contributed by atoms with Gasteiger partial charge in [0.25, 0.3) is 0 Å². The first-order valence-corrected chi connectivity index (χ1v) is 5.70. The van der Waals surface area contributed by atoms with Gasteiger partial charge >= 0.3 is 0 Å². The maximum absolute atomic E-state index is 11.9. The Morgan fingerprint density at radius 3 is 2.53 bits per heavy atom. The van der Waals surface area contributed by atoms with Gasteiger partial charge in [-0.25, -0.2) is 0 Å². The van der Waals surface area contributed by atoms with Gasteiger partial charge in [0, 0.05) is 24.9 Å². The molecule has 0 aromatic rings. The Kier molecular flexibility index (Phi) is 5.39. The molecule has 0 unspecified atom stereocenters. The molecule has 0 spiro atoms. The minimum atomic E-state index is -0.214. The van der Waals surface area contributed by atoms with Gasteiger partial charge in [-0.1, -0.05) is 0 Å². The summed E-state index contributed by atoms with van der Waals surface area (Å²) < 4.78 is 5.15. The van der Waals surface area contributed by atoms with Crippen LogP contribution in [0, 0.1) is 22.7 Å². The number of ether oxygens (including phenoxy) is 1. The van der Waals surface area contributed by atoms with E-state index in [9.17, 15) is 4.79 Å². The Labute approximate surface area is 111 Å². The van der Waals surface area contributed by atoms with Crippen molar-refractivity contribution in [2.45, 2.75) is 6.92 Å². The van der Waals surface area contributed by atoms with Crippen LogP contribution in [0.15, 0.2) is 23.2 Å². The second-order valence-electron chi connectivity index (χ2n) is 3.90. The molecule has 1 saturated heterocycles. The van der Waals surface area contributed by atoms with Crippen LogP contribution in [-0.2, 0) is 9.53 Å². The van der Waals surface area contributed by atoms with E-state index in [1.54, 1.807) is 24.0 Å². The molecule has 0 atom stereocenters. The lowest BCUT2D eigenvalue weighted by Gasteiger charge is -2.25. The summed E-state index contributed by atoms with van der Waals surface area (Å²) in [7, 11) is 0. The maximum Gasteiger partial charge on any atom is 0.248 e. The van der Waals surface area contributed by atoms with Crippen LogP contribution in [-0.4, -0.2) is 37.1 Å². The van der Waals surface area contributed by atoms with Crippen molar-refractivity contribution in [3.05, 3.63) is 23.2 Å². The highest BCUT2D eigenvalue weighted by Crippen LogP contribution is 2.02. The standard InChI is InChI=1S/C12H15N5O2/c1-9(16-11(8-14)10(15)7-13)6-12(18)17-2-4-19-5-3-17/h6,16H,2-5,15H2,1H3/b9-6?,11-10-. The molecule has 0 saturated carbocycles. The summed E-state index contributed by atoms with van der Waals surface area (Å²) in [5.41, 5.74) is 5.52. The van der Waals surface area contributed by atoms with E-state index in [2.05, 4.69) is 5.32 Å². The number of amides is 1. The third-order valence-corrected chi connectivity index (χ3v) is 2.49. The number of nitrogens with zero attached hydrogens (tertiary/aromatic N) is 3. The van der Waals surface area contributed by atoms with Gasteiger partial charge in [0.1, 0.15) is 17.8 Å². The number of carbonyl (C=O) groups excluding carboxylic acids is 1. The highest BCUT2D eigenvalue weighted by molar-refractivity contribution is 5.88. The fourth-order valence-electron chi connectivity index (χ4n) is 1.50. The van der Waals surface area contributed by atoms with E-state index in [1.165, 1.54) is 6.08 Å².